The predicted octanol–water partition coefficient (Wildman–Crippen LogP) is 4.86. The maximum atomic E-state index is 13.4. The van der Waals surface area contributed by atoms with E-state index < -0.39 is 0 Å². The van der Waals surface area contributed by atoms with E-state index in [1.165, 1.54) is 5.56 Å². The number of nitrogens with one attached hydrogen (secondary N) is 2. The molecule has 0 bridgehead atoms. The Morgan fingerprint density at radius 2 is 1.75 bits per heavy atom. The molecule has 2 aromatic rings. The SMILES string of the molecule is CN=C(NCCC(C)c1ccc(OC)cc1)NCC1(c2ccc(F)cc2)CCOCC1.I. The molecule has 2 aromatic carbocycles. The van der Waals surface area contributed by atoms with E-state index in [2.05, 4.69) is 34.7 Å². The van der Waals surface area contributed by atoms with Crippen molar-refractivity contribution in [2.45, 2.75) is 37.5 Å². The van der Waals surface area contributed by atoms with Crippen molar-refractivity contribution in [1.82, 2.24) is 10.6 Å². The zero-order valence-corrected chi connectivity index (χ0v) is 21.5. The van der Waals surface area contributed by atoms with Crippen LogP contribution in [0.3, 0.4) is 0 Å². The van der Waals surface area contributed by atoms with Crippen molar-refractivity contribution in [2.24, 2.45) is 4.99 Å². The first-order valence-corrected chi connectivity index (χ1v) is 11.0. The fraction of sp³-hybridized carbons (Fsp3) is 0.480. The molecule has 1 saturated heterocycles. The first-order valence-electron chi connectivity index (χ1n) is 11.0. The van der Waals surface area contributed by atoms with Crippen LogP contribution in [-0.4, -0.2) is 46.4 Å². The summed E-state index contributed by atoms with van der Waals surface area (Å²) < 4.78 is 24.3. The minimum atomic E-state index is -0.206. The Balaban J connectivity index is 0.00000363. The molecular formula is C25H35FIN3O2. The van der Waals surface area contributed by atoms with Crippen LogP contribution in [0.4, 0.5) is 4.39 Å². The van der Waals surface area contributed by atoms with Crippen LogP contribution in [0.25, 0.3) is 0 Å². The van der Waals surface area contributed by atoms with Crippen molar-refractivity contribution < 1.29 is 13.9 Å². The molecule has 1 atom stereocenters. The van der Waals surface area contributed by atoms with Crippen LogP contribution in [0.2, 0.25) is 0 Å². The zero-order valence-electron chi connectivity index (χ0n) is 19.2. The highest BCUT2D eigenvalue weighted by molar-refractivity contribution is 14.0. The van der Waals surface area contributed by atoms with E-state index in [1.54, 1.807) is 26.3 Å². The van der Waals surface area contributed by atoms with E-state index in [0.717, 1.165) is 49.6 Å². The van der Waals surface area contributed by atoms with Crippen LogP contribution in [0.1, 0.15) is 43.2 Å². The number of aliphatic imine (C=N–C) groups is 1. The predicted molar refractivity (Wildman–Crippen MR) is 139 cm³/mol. The van der Waals surface area contributed by atoms with Gasteiger partial charge in [-0.15, -0.1) is 24.0 Å². The van der Waals surface area contributed by atoms with Gasteiger partial charge in [0.1, 0.15) is 11.6 Å². The summed E-state index contributed by atoms with van der Waals surface area (Å²) in [6.45, 7) is 5.20. The molecule has 1 aliphatic heterocycles. The van der Waals surface area contributed by atoms with Crippen LogP contribution in [0.15, 0.2) is 53.5 Å². The van der Waals surface area contributed by atoms with Gasteiger partial charge in [-0.2, -0.15) is 0 Å². The lowest BCUT2D eigenvalue weighted by atomic mass is 9.74. The standard InChI is InChI=1S/C25H34FN3O2.HI/c1-19(20-4-10-23(30-3)11-5-20)12-15-28-24(27-2)29-18-25(13-16-31-17-14-25)21-6-8-22(26)9-7-21;/h4-11,19H,12-18H2,1-3H3,(H2,27,28,29);1H. The number of hydrogen-bond donors (Lipinski definition) is 2. The van der Waals surface area contributed by atoms with Crippen LogP contribution in [-0.2, 0) is 10.2 Å². The smallest absolute Gasteiger partial charge is 0.191 e. The summed E-state index contributed by atoms with van der Waals surface area (Å²) in [4.78, 5) is 4.39. The molecule has 1 fully saturated rings. The number of hydrogen-bond acceptors (Lipinski definition) is 3. The van der Waals surface area contributed by atoms with Gasteiger partial charge in [0, 0.05) is 38.8 Å². The van der Waals surface area contributed by atoms with Crippen molar-refractivity contribution in [1.29, 1.82) is 0 Å². The van der Waals surface area contributed by atoms with Gasteiger partial charge >= 0.3 is 0 Å². The molecule has 2 N–H and O–H groups in total. The molecule has 1 unspecified atom stereocenters. The second kappa shape index (κ2) is 13.0. The van der Waals surface area contributed by atoms with E-state index in [0.29, 0.717) is 19.1 Å². The Bertz CT molecular complexity index is 837. The van der Waals surface area contributed by atoms with E-state index >= 15 is 0 Å². The summed E-state index contributed by atoms with van der Waals surface area (Å²) in [6, 6.07) is 15.1. The molecule has 7 heteroatoms. The fourth-order valence-electron chi connectivity index (χ4n) is 4.11. The molecule has 0 amide bonds. The van der Waals surface area contributed by atoms with E-state index in [4.69, 9.17) is 9.47 Å². The van der Waals surface area contributed by atoms with Crippen molar-refractivity contribution in [3.8, 4) is 5.75 Å². The van der Waals surface area contributed by atoms with Crippen LogP contribution < -0.4 is 15.4 Å². The second-order valence-electron chi connectivity index (χ2n) is 8.22. The van der Waals surface area contributed by atoms with Gasteiger partial charge in [0.2, 0.25) is 0 Å². The van der Waals surface area contributed by atoms with Gasteiger partial charge in [0.05, 0.1) is 7.11 Å². The molecule has 0 aliphatic carbocycles. The van der Waals surface area contributed by atoms with Gasteiger partial charge in [0.15, 0.2) is 5.96 Å². The fourth-order valence-corrected chi connectivity index (χ4v) is 4.11. The molecule has 0 spiro atoms. The van der Waals surface area contributed by atoms with Gasteiger partial charge in [0.25, 0.3) is 0 Å². The van der Waals surface area contributed by atoms with Gasteiger partial charge in [-0.05, 0) is 60.6 Å². The third kappa shape index (κ3) is 7.07. The van der Waals surface area contributed by atoms with Crippen molar-refractivity contribution in [2.75, 3.05) is 40.5 Å². The Kier molecular flexibility index (Phi) is 10.7. The number of nitrogens with zero attached hydrogens (tertiary/aromatic N) is 1. The van der Waals surface area contributed by atoms with Crippen molar-refractivity contribution in [3.63, 3.8) is 0 Å². The molecule has 1 aliphatic rings. The Morgan fingerprint density at radius 3 is 2.34 bits per heavy atom. The molecule has 5 nitrogen and oxygen atoms in total. The average molecular weight is 555 g/mol. The van der Waals surface area contributed by atoms with Crippen molar-refractivity contribution >= 4 is 29.9 Å². The average Bonchev–Trinajstić information content (AvgIpc) is 2.82. The summed E-state index contributed by atoms with van der Waals surface area (Å²) in [5.41, 5.74) is 2.36. The maximum Gasteiger partial charge on any atom is 0.191 e. The second-order valence-corrected chi connectivity index (χ2v) is 8.22. The summed E-state index contributed by atoms with van der Waals surface area (Å²) in [5, 5.41) is 6.93. The third-order valence-corrected chi connectivity index (χ3v) is 6.28. The third-order valence-electron chi connectivity index (χ3n) is 6.28. The highest BCUT2D eigenvalue weighted by Gasteiger charge is 2.34. The zero-order chi connectivity index (χ0) is 22.1. The van der Waals surface area contributed by atoms with E-state index in [1.807, 2.05) is 24.3 Å². The van der Waals surface area contributed by atoms with Crippen LogP contribution in [0.5, 0.6) is 5.75 Å². The highest BCUT2D eigenvalue weighted by atomic mass is 127. The monoisotopic (exact) mass is 555 g/mol. The van der Waals surface area contributed by atoms with E-state index in [-0.39, 0.29) is 35.2 Å². The maximum absolute atomic E-state index is 13.4. The lowest BCUT2D eigenvalue weighted by molar-refractivity contribution is 0.0513. The topological polar surface area (TPSA) is 54.9 Å². The summed E-state index contributed by atoms with van der Waals surface area (Å²) in [5.74, 6) is 1.89. The number of ether oxygens (including phenoxy) is 2. The summed E-state index contributed by atoms with van der Waals surface area (Å²) in [6.07, 6.45) is 2.79. The Labute approximate surface area is 208 Å². The molecule has 0 saturated carbocycles. The lowest BCUT2D eigenvalue weighted by Crippen LogP contribution is -2.48. The number of methoxy groups -OCH3 is 1. The Hall–Kier alpha value is -1.87. The summed E-state index contributed by atoms with van der Waals surface area (Å²) in [7, 11) is 3.47. The number of halogens is 2. The Morgan fingerprint density at radius 1 is 1.09 bits per heavy atom. The largest absolute Gasteiger partial charge is 0.497 e. The molecule has 32 heavy (non-hydrogen) atoms. The minimum Gasteiger partial charge on any atom is -0.497 e. The quantitative estimate of drug-likeness (QED) is 0.278. The highest BCUT2D eigenvalue weighted by Crippen LogP contribution is 2.34. The molecule has 3 rings (SSSR count). The first-order chi connectivity index (χ1) is 15.1. The van der Waals surface area contributed by atoms with Crippen molar-refractivity contribution in [3.05, 3.63) is 65.5 Å². The normalized spacial score (nSPS) is 16.6. The number of guanidine groups is 1. The molecule has 0 aromatic heterocycles. The van der Waals surface area contributed by atoms with Gasteiger partial charge in [-0.3, -0.25) is 4.99 Å². The molecule has 0 radical (unpaired) electrons. The van der Waals surface area contributed by atoms with Gasteiger partial charge < -0.3 is 20.1 Å². The number of rotatable bonds is 8. The van der Waals surface area contributed by atoms with E-state index in [9.17, 15) is 4.39 Å². The van der Waals surface area contributed by atoms with Crippen LogP contribution in [0, 0.1) is 5.82 Å². The number of benzene rings is 2. The molecular weight excluding hydrogens is 520 g/mol. The first kappa shape index (κ1) is 26.4. The molecule has 1 heterocycles. The summed E-state index contributed by atoms with van der Waals surface area (Å²) >= 11 is 0. The van der Waals surface area contributed by atoms with Gasteiger partial charge in [-0.25, -0.2) is 4.39 Å². The lowest BCUT2D eigenvalue weighted by Gasteiger charge is -2.38. The minimum absolute atomic E-state index is 0. The van der Waals surface area contributed by atoms with Gasteiger partial charge in [-0.1, -0.05) is 31.2 Å². The van der Waals surface area contributed by atoms with Crippen LogP contribution >= 0.6 is 24.0 Å². The molecule has 176 valence electrons.